The van der Waals surface area contributed by atoms with Gasteiger partial charge in [-0.15, -0.1) is 0 Å². The van der Waals surface area contributed by atoms with Crippen molar-refractivity contribution in [2.75, 3.05) is 6.26 Å². The predicted molar refractivity (Wildman–Crippen MR) is 105 cm³/mol. The third-order valence-electron chi connectivity index (χ3n) is 2.26. The Labute approximate surface area is 163 Å². The number of carbonyl (C=O) groups excluding carboxylic acids is 2. The lowest BCUT2D eigenvalue weighted by atomic mass is 10.2. The third-order valence-corrected chi connectivity index (χ3v) is 6.50. The Kier molecular flexibility index (Phi) is 7.11. The number of halogens is 3. The van der Waals surface area contributed by atoms with Crippen molar-refractivity contribution in [3.05, 3.63) is 28.4 Å². The number of sulfonamides is 1. The molecule has 0 fully saturated rings. The maximum Gasteiger partial charge on any atom is 0.255 e. The van der Waals surface area contributed by atoms with Crippen molar-refractivity contribution in [2.45, 2.75) is 13.0 Å². The number of carbonyl (C=O) groups is 2. The zero-order chi connectivity index (χ0) is 16.4. The highest BCUT2D eigenvalue weighted by atomic mass is 127. The van der Waals surface area contributed by atoms with E-state index in [1.54, 1.807) is 6.07 Å². The van der Waals surface area contributed by atoms with E-state index in [0.717, 1.165) is 17.0 Å². The van der Waals surface area contributed by atoms with Crippen LogP contribution in [-0.4, -0.2) is 32.5 Å². The molecule has 0 bridgehead atoms. The van der Waals surface area contributed by atoms with Crippen molar-refractivity contribution < 1.29 is 18.0 Å². The first-order valence-electron chi connectivity index (χ1n) is 5.48. The molecular formula is C11H11I3N2O4S. The van der Waals surface area contributed by atoms with E-state index in [0.29, 0.717) is 5.56 Å². The number of benzene rings is 1. The predicted octanol–water partition coefficient (Wildman–Crippen LogP) is 1.69. The molecule has 21 heavy (non-hydrogen) atoms. The summed E-state index contributed by atoms with van der Waals surface area (Å²) in [4.78, 5) is 23.8. The van der Waals surface area contributed by atoms with Gasteiger partial charge in [0.15, 0.2) is 0 Å². The van der Waals surface area contributed by atoms with E-state index in [1.165, 1.54) is 6.92 Å². The molecule has 0 saturated carbocycles. The molecule has 0 aromatic heterocycles. The molecule has 10 heteroatoms. The summed E-state index contributed by atoms with van der Waals surface area (Å²) in [7, 11) is -3.65. The molecule has 0 aliphatic rings. The molecule has 1 aromatic rings. The van der Waals surface area contributed by atoms with Crippen LogP contribution in [0.15, 0.2) is 12.1 Å². The van der Waals surface area contributed by atoms with Gasteiger partial charge >= 0.3 is 0 Å². The minimum Gasteiger partial charge on any atom is -0.340 e. The largest absolute Gasteiger partial charge is 0.340 e. The molecule has 0 saturated heterocycles. The molecule has 0 spiro atoms. The van der Waals surface area contributed by atoms with Crippen LogP contribution in [-0.2, 0) is 14.8 Å². The molecule has 2 N–H and O–H groups in total. The Morgan fingerprint density at radius 3 is 2.29 bits per heavy atom. The molecule has 1 atom stereocenters. The monoisotopic (exact) mass is 648 g/mol. The SMILES string of the molecule is CC(NC(=O)c1cc(I)cc(I)c1I)C(=O)NS(C)(=O)=O. The van der Waals surface area contributed by atoms with Crippen LogP contribution < -0.4 is 10.0 Å². The van der Waals surface area contributed by atoms with Crippen LogP contribution in [0.3, 0.4) is 0 Å². The van der Waals surface area contributed by atoms with Gasteiger partial charge in [0.05, 0.1) is 11.8 Å². The fourth-order valence-corrected chi connectivity index (χ4v) is 4.28. The van der Waals surface area contributed by atoms with Crippen molar-refractivity contribution >= 4 is 89.6 Å². The Morgan fingerprint density at radius 2 is 1.76 bits per heavy atom. The zero-order valence-electron chi connectivity index (χ0n) is 10.9. The number of amides is 2. The van der Waals surface area contributed by atoms with E-state index in [1.807, 2.05) is 10.8 Å². The van der Waals surface area contributed by atoms with Gasteiger partial charge in [-0.2, -0.15) is 0 Å². The van der Waals surface area contributed by atoms with Gasteiger partial charge in [-0.1, -0.05) is 0 Å². The number of hydrogen-bond donors (Lipinski definition) is 2. The average Bonchev–Trinajstić information content (AvgIpc) is 2.31. The van der Waals surface area contributed by atoms with Crippen molar-refractivity contribution in [1.29, 1.82) is 0 Å². The summed E-state index contributed by atoms with van der Waals surface area (Å²) in [6.07, 6.45) is 0.879. The summed E-state index contributed by atoms with van der Waals surface area (Å²) >= 11 is 6.28. The minimum atomic E-state index is -3.65. The first kappa shape index (κ1) is 19.3. The van der Waals surface area contributed by atoms with Crippen molar-refractivity contribution in [3.8, 4) is 0 Å². The van der Waals surface area contributed by atoms with Crippen LogP contribution in [0.25, 0.3) is 0 Å². The summed E-state index contributed by atoms with van der Waals surface area (Å²) in [6.45, 7) is 1.42. The summed E-state index contributed by atoms with van der Waals surface area (Å²) in [5.74, 6) is -1.20. The molecule has 0 aliphatic heterocycles. The summed E-state index contributed by atoms with van der Waals surface area (Å²) in [5, 5.41) is 2.49. The molecule has 1 unspecified atom stereocenters. The van der Waals surface area contributed by atoms with Gasteiger partial charge in [0.25, 0.3) is 11.8 Å². The van der Waals surface area contributed by atoms with E-state index in [9.17, 15) is 18.0 Å². The summed E-state index contributed by atoms with van der Waals surface area (Å²) in [5.41, 5.74) is 0.450. The summed E-state index contributed by atoms with van der Waals surface area (Å²) < 4.78 is 26.4. The molecular weight excluding hydrogens is 637 g/mol. The zero-order valence-corrected chi connectivity index (χ0v) is 18.2. The maximum absolute atomic E-state index is 12.2. The fourth-order valence-electron chi connectivity index (χ4n) is 1.33. The summed E-state index contributed by atoms with van der Waals surface area (Å²) in [6, 6.07) is 2.68. The van der Waals surface area contributed by atoms with Gasteiger partial charge < -0.3 is 5.32 Å². The number of nitrogens with one attached hydrogen (secondary N) is 2. The highest BCUT2D eigenvalue weighted by molar-refractivity contribution is 14.1. The lowest BCUT2D eigenvalue weighted by Crippen LogP contribution is -2.46. The van der Waals surface area contributed by atoms with E-state index >= 15 is 0 Å². The van der Waals surface area contributed by atoms with Gasteiger partial charge in [0.2, 0.25) is 10.0 Å². The van der Waals surface area contributed by atoms with E-state index in [4.69, 9.17) is 0 Å². The Bertz CT molecular complexity index is 691. The second-order valence-electron chi connectivity index (χ2n) is 4.18. The lowest BCUT2D eigenvalue weighted by Gasteiger charge is -2.14. The van der Waals surface area contributed by atoms with Crippen molar-refractivity contribution in [2.24, 2.45) is 0 Å². The molecule has 0 radical (unpaired) electrons. The van der Waals surface area contributed by atoms with Crippen LogP contribution in [0.4, 0.5) is 0 Å². The normalized spacial score (nSPS) is 12.6. The van der Waals surface area contributed by atoms with Crippen LogP contribution in [0, 0.1) is 10.7 Å². The van der Waals surface area contributed by atoms with Crippen LogP contribution >= 0.6 is 67.8 Å². The average molecular weight is 648 g/mol. The van der Waals surface area contributed by atoms with Crippen molar-refractivity contribution in [3.63, 3.8) is 0 Å². The second kappa shape index (κ2) is 7.72. The molecule has 0 heterocycles. The standard InChI is InChI=1S/C11H11I3N2O4S/c1-5(10(17)16-21(2,19)20)15-11(18)7-3-6(12)4-8(13)9(7)14/h3-5H,1-2H3,(H,15,18)(H,16,17). The first-order chi connectivity index (χ1) is 9.51. The van der Waals surface area contributed by atoms with Gasteiger partial charge in [-0.05, 0) is 86.8 Å². The van der Waals surface area contributed by atoms with Crippen molar-refractivity contribution in [1.82, 2.24) is 10.0 Å². The molecule has 116 valence electrons. The van der Waals surface area contributed by atoms with Crippen LogP contribution in [0.1, 0.15) is 17.3 Å². The molecule has 1 rings (SSSR count). The highest BCUT2D eigenvalue weighted by Gasteiger charge is 2.21. The third kappa shape index (κ3) is 6.13. The maximum atomic E-state index is 12.2. The Balaban J connectivity index is 2.89. The van der Waals surface area contributed by atoms with Crippen LogP contribution in [0.2, 0.25) is 0 Å². The Morgan fingerprint density at radius 1 is 1.19 bits per heavy atom. The van der Waals surface area contributed by atoms with E-state index < -0.39 is 27.9 Å². The lowest BCUT2D eigenvalue weighted by molar-refractivity contribution is -0.120. The first-order valence-corrected chi connectivity index (χ1v) is 10.6. The molecule has 6 nitrogen and oxygen atoms in total. The molecule has 0 aliphatic carbocycles. The smallest absolute Gasteiger partial charge is 0.255 e. The topological polar surface area (TPSA) is 92.3 Å². The second-order valence-corrected chi connectivity index (χ2v) is 9.42. The van der Waals surface area contributed by atoms with Crippen LogP contribution in [0.5, 0.6) is 0 Å². The highest BCUT2D eigenvalue weighted by Crippen LogP contribution is 2.22. The van der Waals surface area contributed by atoms with E-state index in [2.05, 4.69) is 73.1 Å². The van der Waals surface area contributed by atoms with Gasteiger partial charge in [0, 0.05) is 10.7 Å². The molecule has 2 amide bonds. The molecule has 1 aromatic carbocycles. The fraction of sp³-hybridized carbons (Fsp3) is 0.273. The quantitative estimate of drug-likeness (QED) is 0.385. The van der Waals surface area contributed by atoms with Gasteiger partial charge in [-0.25, -0.2) is 8.42 Å². The number of hydrogen-bond acceptors (Lipinski definition) is 4. The Hall–Kier alpha value is 0.300. The van der Waals surface area contributed by atoms with E-state index in [-0.39, 0.29) is 0 Å². The van der Waals surface area contributed by atoms with Gasteiger partial charge in [0.1, 0.15) is 6.04 Å². The number of rotatable bonds is 4. The minimum absolute atomic E-state index is 0.424. The van der Waals surface area contributed by atoms with Gasteiger partial charge in [-0.3, -0.25) is 14.3 Å².